The van der Waals surface area contributed by atoms with Crippen molar-refractivity contribution in [3.8, 4) is 0 Å². The van der Waals surface area contributed by atoms with Gasteiger partial charge in [-0.3, -0.25) is 4.79 Å². The van der Waals surface area contributed by atoms with E-state index >= 15 is 0 Å². The summed E-state index contributed by atoms with van der Waals surface area (Å²) in [5.74, 6) is -0.230. The van der Waals surface area contributed by atoms with Crippen LogP contribution in [-0.4, -0.2) is 37.0 Å². The summed E-state index contributed by atoms with van der Waals surface area (Å²) in [6.45, 7) is 5.17. The highest BCUT2D eigenvalue weighted by Gasteiger charge is 2.13. The molecule has 0 bridgehead atoms. The molecule has 0 fully saturated rings. The van der Waals surface area contributed by atoms with Crippen molar-refractivity contribution in [1.82, 2.24) is 0 Å². The first-order valence-corrected chi connectivity index (χ1v) is 20.7. The highest BCUT2D eigenvalue weighted by molar-refractivity contribution is 5.69. The van der Waals surface area contributed by atoms with Crippen molar-refractivity contribution >= 4 is 5.97 Å². The van der Waals surface area contributed by atoms with Crippen LogP contribution in [0.1, 0.15) is 174 Å². The molecule has 4 heteroatoms. The first-order chi connectivity index (χ1) is 24.7. The van der Waals surface area contributed by atoms with Crippen molar-refractivity contribution < 1.29 is 19.4 Å². The van der Waals surface area contributed by atoms with Crippen LogP contribution in [0.5, 0.6) is 0 Å². The van der Waals surface area contributed by atoms with Gasteiger partial charge in [-0.25, -0.2) is 0 Å². The molecule has 0 aromatic rings. The second-order valence-electron chi connectivity index (χ2n) is 13.3. The maximum Gasteiger partial charge on any atom is 0.306 e. The Kier molecular flexibility index (Phi) is 40.7. The Balaban J connectivity index is 3.57. The van der Waals surface area contributed by atoms with Crippen LogP contribution in [0.2, 0.25) is 0 Å². The molecule has 286 valence electrons. The highest BCUT2D eigenvalue weighted by Crippen LogP contribution is 2.11. The molecule has 1 N–H and O–H groups in total. The molecule has 0 aliphatic carbocycles. The van der Waals surface area contributed by atoms with Gasteiger partial charge in [-0.05, 0) is 89.9 Å². The third-order valence-corrected chi connectivity index (χ3v) is 8.45. The van der Waals surface area contributed by atoms with Crippen LogP contribution in [0.25, 0.3) is 0 Å². The lowest BCUT2D eigenvalue weighted by atomic mass is 10.1. The largest absolute Gasteiger partial charge is 0.457 e. The molecule has 50 heavy (non-hydrogen) atoms. The molecule has 0 heterocycles. The number of unbranched alkanes of at least 4 members (excludes halogenated alkanes) is 15. The van der Waals surface area contributed by atoms with Gasteiger partial charge < -0.3 is 14.6 Å². The van der Waals surface area contributed by atoms with Crippen molar-refractivity contribution in [2.45, 2.75) is 180 Å². The normalized spacial score (nSPS) is 13.3. The topological polar surface area (TPSA) is 55.8 Å². The molecular formula is C46H78O4. The van der Waals surface area contributed by atoms with Gasteiger partial charge in [0.15, 0.2) is 0 Å². The predicted octanol–water partition coefficient (Wildman–Crippen LogP) is 13.6. The summed E-state index contributed by atoms with van der Waals surface area (Å²) in [5, 5.41) is 9.59. The van der Waals surface area contributed by atoms with Crippen LogP contribution >= 0.6 is 0 Å². The van der Waals surface area contributed by atoms with Crippen molar-refractivity contribution in [2.75, 3.05) is 19.8 Å². The molecule has 0 aliphatic heterocycles. The number of rotatable bonds is 37. The molecule has 0 saturated carbocycles. The van der Waals surface area contributed by atoms with E-state index in [0.717, 1.165) is 83.5 Å². The van der Waals surface area contributed by atoms with E-state index in [1.165, 1.54) is 70.6 Å². The number of aliphatic hydroxyl groups excluding tert-OH is 1. The molecule has 1 atom stereocenters. The van der Waals surface area contributed by atoms with Crippen molar-refractivity contribution in [2.24, 2.45) is 0 Å². The average molecular weight is 695 g/mol. The van der Waals surface area contributed by atoms with Gasteiger partial charge in [0.25, 0.3) is 0 Å². The van der Waals surface area contributed by atoms with Gasteiger partial charge >= 0.3 is 5.97 Å². The molecule has 0 radical (unpaired) electrons. The standard InChI is InChI=1S/C46H78O4/c1-3-5-7-9-11-13-15-17-19-20-21-22-23-24-25-26-27-29-31-33-35-37-39-41-46(48)50-45(43-47)44-49-42-40-38-36-34-32-30-28-18-16-14-12-10-8-6-4-2/h5,7,11,13,16-19,21-22,24-25,27,29,45,47H,3-4,6,8-10,12,14-15,20,23,26,28,30-44H2,1-2H3/b7-5-,13-11-,18-16-,19-17-,22-21-,25-24-,29-27-. The van der Waals surface area contributed by atoms with Gasteiger partial charge in [-0.15, -0.1) is 0 Å². The van der Waals surface area contributed by atoms with E-state index in [9.17, 15) is 9.90 Å². The van der Waals surface area contributed by atoms with Crippen LogP contribution in [0, 0.1) is 0 Å². The monoisotopic (exact) mass is 695 g/mol. The SMILES string of the molecule is CC/C=C\C/C=C\C/C=C\C/C=C\C/C=C\C/C=C\CCCCCCC(=O)OC(CO)COCCCCCCCC/C=C\CCCCCCC. The van der Waals surface area contributed by atoms with Gasteiger partial charge in [0.2, 0.25) is 0 Å². The Hall–Kier alpha value is -2.43. The summed E-state index contributed by atoms with van der Waals surface area (Å²) in [5.41, 5.74) is 0. The van der Waals surface area contributed by atoms with Crippen LogP contribution in [0.15, 0.2) is 85.1 Å². The third kappa shape index (κ3) is 40.0. The molecular weight excluding hydrogens is 617 g/mol. The van der Waals surface area contributed by atoms with E-state index < -0.39 is 6.10 Å². The maximum atomic E-state index is 12.2. The minimum Gasteiger partial charge on any atom is -0.457 e. The summed E-state index contributed by atoms with van der Waals surface area (Å²) >= 11 is 0. The minimum absolute atomic E-state index is 0.189. The number of hydrogen-bond acceptors (Lipinski definition) is 4. The van der Waals surface area contributed by atoms with Gasteiger partial charge in [0.1, 0.15) is 6.10 Å². The zero-order chi connectivity index (χ0) is 36.3. The number of carbonyl (C=O) groups is 1. The second kappa shape index (κ2) is 42.7. The van der Waals surface area contributed by atoms with Gasteiger partial charge in [-0.2, -0.15) is 0 Å². The van der Waals surface area contributed by atoms with E-state index in [4.69, 9.17) is 9.47 Å². The van der Waals surface area contributed by atoms with E-state index in [2.05, 4.69) is 98.9 Å². The Morgan fingerprint density at radius 2 is 0.900 bits per heavy atom. The van der Waals surface area contributed by atoms with Gasteiger partial charge in [-0.1, -0.05) is 163 Å². The Bertz CT molecular complexity index is 907. The first-order valence-electron chi connectivity index (χ1n) is 20.7. The number of aliphatic hydroxyl groups is 1. The lowest BCUT2D eigenvalue weighted by Gasteiger charge is -2.15. The smallest absolute Gasteiger partial charge is 0.306 e. The highest BCUT2D eigenvalue weighted by atomic mass is 16.6. The van der Waals surface area contributed by atoms with Crippen molar-refractivity contribution in [3.63, 3.8) is 0 Å². The van der Waals surface area contributed by atoms with Crippen LogP contribution < -0.4 is 0 Å². The number of esters is 1. The molecule has 0 spiro atoms. The fourth-order valence-corrected chi connectivity index (χ4v) is 5.38. The fraction of sp³-hybridized carbons (Fsp3) is 0.674. The lowest BCUT2D eigenvalue weighted by Crippen LogP contribution is -2.27. The summed E-state index contributed by atoms with van der Waals surface area (Å²) < 4.78 is 11.1. The molecule has 0 rings (SSSR count). The number of ether oxygens (including phenoxy) is 2. The summed E-state index contributed by atoms with van der Waals surface area (Å²) in [6.07, 6.45) is 59.2. The van der Waals surface area contributed by atoms with E-state index in [0.29, 0.717) is 13.0 Å². The number of hydrogen-bond donors (Lipinski definition) is 1. The molecule has 4 nitrogen and oxygen atoms in total. The van der Waals surface area contributed by atoms with Crippen LogP contribution in [0.3, 0.4) is 0 Å². The van der Waals surface area contributed by atoms with E-state index in [1.807, 2.05) is 0 Å². The van der Waals surface area contributed by atoms with Crippen LogP contribution in [-0.2, 0) is 14.3 Å². The van der Waals surface area contributed by atoms with Crippen molar-refractivity contribution in [1.29, 1.82) is 0 Å². The average Bonchev–Trinajstić information content (AvgIpc) is 3.12. The predicted molar refractivity (Wildman–Crippen MR) is 219 cm³/mol. The minimum atomic E-state index is -0.556. The molecule has 0 saturated heterocycles. The zero-order valence-corrected chi connectivity index (χ0v) is 32.6. The Morgan fingerprint density at radius 3 is 1.38 bits per heavy atom. The molecule has 0 aromatic heterocycles. The molecule has 0 aromatic carbocycles. The van der Waals surface area contributed by atoms with Gasteiger partial charge in [0, 0.05) is 13.0 Å². The number of allylic oxidation sites excluding steroid dienone is 14. The lowest BCUT2D eigenvalue weighted by molar-refractivity contribution is -0.154. The van der Waals surface area contributed by atoms with Gasteiger partial charge in [0.05, 0.1) is 13.2 Å². The van der Waals surface area contributed by atoms with Crippen LogP contribution in [0.4, 0.5) is 0 Å². The molecule has 1 unspecified atom stereocenters. The fourth-order valence-electron chi connectivity index (χ4n) is 5.38. The quantitative estimate of drug-likeness (QED) is 0.0399. The second-order valence-corrected chi connectivity index (χ2v) is 13.3. The summed E-state index contributed by atoms with van der Waals surface area (Å²) in [7, 11) is 0. The van der Waals surface area contributed by atoms with Crippen molar-refractivity contribution in [3.05, 3.63) is 85.1 Å². The molecule has 0 aliphatic rings. The molecule has 0 amide bonds. The zero-order valence-electron chi connectivity index (χ0n) is 32.6. The first kappa shape index (κ1) is 47.6. The van der Waals surface area contributed by atoms with E-state index in [-0.39, 0.29) is 19.2 Å². The Morgan fingerprint density at radius 1 is 0.500 bits per heavy atom. The summed E-state index contributed by atoms with van der Waals surface area (Å²) in [6, 6.07) is 0. The van der Waals surface area contributed by atoms with E-state index in [1.54, 1.807) is 0 Å². The summed E-state index contributed by atoms with van der Waals surface area (Å²) in [4.78, 5) is 12.2. The third-order valence-electron chi connectivity index (χ3n) is 8.45. The maximum absolute atomic E-state index is 12.2. The Labute approximate surface area is 310 Å². The number of carbonyl (C=O) groups excluding carboxylic acids is 1.